The fourth-order valence-electron chi connectivity index (χ4n) is 2.95. The first kappa shape index (κ1) is 15.4. The van der Waals surface area contributed by atoms with Crippen LogP contribution in [0.2, 0.25) is 0 Å². The molecule has 1 atom stereocenters. The van der Waals surface area contributed by atoms with E-state index < -0.39 is 0 Å². The maximum Gasteiger partial charge on any atom is 0.125 e. The van der Waals surface area contributed by atoms with Gasteiger partial charge in [-0.1, -0.05) is 25.8 Å². The average molecular weight is 275 g/mol. The second-order valence-electron chi connectivity index (χ2n) is 6.75. The molecule has 1 aliphatic heterocycles. The van der Waals surface area contributed by atoms with Crippen molar-refractivity contribution < 1.29 is 4.74 Å². The van der Waals surface area contributed by atoms with Gasteiger partial charge in [-0.3, -0.25) is 0 Å². The summed E-state index contributed by atoms with van der Waals surface area (Å²) < 4.78 is 6.17. The molecule has 2 heteroatoms. The molecule has 2 nitrogen and oxygen atoms in total. The molecule has 1 aromatic rings. The summed E-state index contributed by atoms with van der Waals surface area (Å²) in [7, 11) is 0. The lowest BCUT2D eigenvalue weighted by molar-refractivity contribution is 0.0659. The van der Waals surface area contributed by atoms with E-state index in [1.54, 1.807) is 0 Å². The van der Waals surface area contributed by atoms with Crippen molar-refractivity contribution in [2.75, 3.05) is 6.54 Å². The van der Waals surface area contributed by atoms with Gasteiger partial charge in [-0.2, -0.15) is 0 Å². The Balaban J connectivity index is 2.18. The lowest BCUT2D eigenvalue weighted by atomic mass is 9.88. The summed E-state index contributed by atoms with van der Waals surface area (Å²) in [5, 5.41) is 3.73. The molecule has 1 N–H and O–H groups in total. The summed E-state index contributed by atoms with van der Waals surface area (Å²) in [4.78, 5) is 0. The smallest absolute Gasteiger partial charge is 0.125 e. The van der Waals surface area contributed by atoms with E-state index in [-0.39, 0.29) is 5.60 Å². The number of benzene rings is 1. The zero-order valence-corrected chi connectivity index (χ0v) is 13.7. The van der Waals surface area contributed by atoms with Crippen LogP contribution in [0.25, 0.3) is 0 Å². The lowest BCUT2D eigenvalue weighted by Crippen LogP contribution is -2.39. The van der Waals surface area contributed by atoms with E-state index in [0.29, 0.717) is 6.04 Å². The Hall–Kier alpha value is -1.02. The largest absolute Gasteiger partial charge is 0.487 e. The molecule has 0 saturated heterocycles. The number of hydrogen-bond acceptors (Lipinski definition) is 2. The fourth-order valence-corrected chi connectivity index (χ4v) is 2.95. The molecular weight excluding hydrogens is 246 g/mol. The maximum absolute atomic E-state index is 6.17. The number of ether oxygens (including phenoxy) is 1. The number of hydrogen-bond donors (Lipinski definition) is 1. The molecule has 1 unspecified atom stereocenters. The van der Waals surface area contributed by atoms with Gasteiger partial charge in [-0.25, -0.2) is 0 Å². The van der Waals surface area contributed by atoms with Crippen molar-refractivity contribution in [1.29, 1.82) is 0 Å². The molecule has 0 saturated carbocycles. The highest BCUT2D eigenvalue weighted by Gasteiger charge is 2.33. The normalized spacial score (nSPS) is 20.4. The topological polar surface area (TPSA) is 21.3 Å². The van der Waals surface area contributed by atoms with E-state index in [4.69, 9.17) is 4.74 Å². The first-order valence-corrected chi connectivity index (χ1v) is 7.96. The van der Waals surface area contributed by atoms with Crippen LogP contribution in [0.15, 0.2) is 12.1 Å². The van der Waals surface area contributed by atoms with Crippen LogP contribution >= 0.6 is 0 Å². The zero-order chi connectivity index (χ0) is 14.8. The first-order chi connectivity index (χ1) is 9.43. The van der Waals surface area contributed by atoms with Gasteiger partial charge >= 0.3 is 0 Å². The Bertz CT molecular complexity index is 465. The Kier molecular flexibility index (Phi) is 4.74. The monoisotopic (exact) mass is 275 g/mol. The summed E-state index contributed by atoms with van der Waals surface area (Å²) in [6.45, 7) is 12.1. The van der Waals surface area contributed by atoms with Crippen LogP contribution in [0, 0.1) is 13.8 Å². The van der Waals surface area contributed by atoms with E-state index in [2.05, 4.69) is 52.1 Å². The van der Waals surface area contributed by atoms with Crippen molar-refractivity contribution in [3.63, 3.8) is 0 Å². The van der Waals surface area contributed by atoms with Gasteiger partial charge < -0.3 is 10.1 Å². The van der Waals surface area contributed by atoms with Crippen molar-refractivity contribution >= 4 is 0 Å². The van der Waals surface area contributed by atoms with Gasteiger partial charge in [0, 0.05) is 18.0 Å². The molecule has 0 amide bonds. The molecule has 1 aliphatic rings. The van der Waals surface area contributed by atoms with Crippen molar-refractivity contribution in [2.24, 2.45) is 0 Å². The molecule has 0 fully saturated rings. The van der Waals surface area contributed by atoms with E-state index in [0.717, 1.165) is 18.7 Å². The molecule has 0 radical (unpaired) electrons. The quantitative estimate of drug-likeness (QED) is 0.787. The molecular formula is C18H29NO. The molecule has 0 aromatic heterocycles. The number of nitrogens with one attached hydrogen (secondary N) is 1. The summed E-state index contributed by atoms with van der Waals surface area (Å²) in [5.41, 5.74) is 3.92. The number of unbranched alkanes of at least 4 members (excludes halogenated alkanes) is 2. The van der Waals surface area contributed by atoms with Crippen molar-refractivity contribution in [3.8, 4) is 5.75 Å². The summed E-state index contributed by atoms with van der Waals surface area (Å²) in [5.74, 6) is 1.07. The van der Waals surface area contributed by atoms with Gasteiger partial charge in [0.1, 0.15) is 11.4 Å². The molecule has 2 rings (SSSR count). The Morgan fingerprint density at radius 1 is 1.20 bits per heavy atom. The Labute approximate surface area is 123 Å². The number of aryl methyl sites for hydroxylation is 2. The molecule has 0 bridgehead atoms. The van der Waals surface area contributed by atoms with E-state index in [9.17, 15) is 0 Å². The average Bonchev–Trinajstić information content (AvgIpc) is 2.36. The third kappa shape index (κ3) is 3.54. The van der Waals surface area contributed by atoms with Gasteiger partial charge in [0.15, 0.2) is 0 Å². The van der Waals surface area contributed by atoms with E-state index in [1.807, 2.05) is 0 Å². The van der Waals surface area contributed by atoms with E-state index in [1.165, 1.54) is 36.0 Å². The van der Waals surface area contributed by atoms with Crippen LogP contribution in [0.5, 0.6) is 5.75 Å². The van der Waals surface area contributed by atoms with Crippen molar-refractivity contribution in [3.05, 3.63) is 28.8 Å². The van der Waals surface area contributed by atoms with Crippen LogP contribution < -0.4 is 10.1 Å². The fraction of sp³-hybridized carbons (Fsp3) is 0.667. The second-order valence-corrected chi connectivity index (χ2v) is 6.75. The maximum atomic E-state index is 6.17. The van der Waals surface area contributed by atoms with Crippen molar-refractivity contribution in [2.45, 2.75) is 71.9 Å². The minimum absolute atomic E-state index is 0.0862. The van der Waals surface area contributed by atoms with Crippen LogP contribution in [0.4, 0.5) is 0 Å². The standard InChI is InChI=1S/C18H29NO/c1-6-7-8-9-19-16-12-18(4,5)20-17-11-14(3)13(2)10-15(16)17/h10-11,16,19H,6-9,12H2,1-5H3. The molecule has 0 spiro atoms. The third-order valence-electron chi connectivity index (χ3n) is 4.25. The van der Waals surface area contributed by atoms with Gasteiger partial charge in [0.2, 0.25) is 0 Å². The highest BCUT2D eigenvalue weighted by atomic mass is 16.5. The van der Waals surface area contributed by atoms with Crippen LogP contribution in [-0.2, 0) is 0 Å². The molecule has 112 valence electrons. The number of rotatable bonds is 5. The van der Waals surface area contributed by atoms with Crippen LogP contribution in [0.1, 0.15) is 69.2 Å². The van der Waals surface area contributed by atoms with Gasteiger partial charge in [-0.05, 0) is 57.9 Å². The SMILES string of the molecule is CCCCCNC1CC(C)(C)Oc2cc(C)c(C)cc21. The Morgan fingerprint density at radius 3 is 2.60 bits per heavy atom. The van der Waals surface area contributed by atoms with Crippen LogP contribution in [0.3, 0.4) is 0 Å². The molecule has 20 heavy (non-hydrogen) atoms. The van der Waals surface area contributed by atoms with Gasteiger partial charge in [0.05, 0.1) is 0 Å². The summed E-state index contributed by atoms with van der Waals surface area (Å²) in [6, 6.07) is 4.92. The third-order valence-corrected chi connectivity index (χ3v) is 4.25. The predicted octanol–water partition coefficient (Wildman–Crippen LogP) is 4.69. The van der Waals surface area contributed by atoms with Gasteiger partial charge in [-0.15, -0.1) is 0 Å². The molecule has 1 heterocycles. The van der Waals surface area contributed by atoms with E-state index >= 15 is 0 Å². The first-order valence-electron chi connectivity index (χ1n) is 7.96. The summed E-state index contributed by atoms with van der Waals surface area (Å²) in [6.07, 6.45) is 4.87. The lowest BCUT2D eigenvalue weighted by Gasteiger charge is -2.38. The molecule has 1 aromatic carbocycles. The minimum atomic E-state index is -0.0862. The minimum Gasteiger partial charge on any atom is -0.487 e. The Morgan fingerprint density at radius 2 is 1.90 bits per heavy atom. The molecule has 0 aliphatic carbocycles. The van der Waals surface area contributed by atoms with Gasteiger partial charge in [0.25, 0.3) is 0 Å². The zero-order valence-electron chi connectivity index (χ0n) is 13.7. The second kappa shape index (κ2) is 6.17. The summed E-state index contributed by atoms with van der Waals surface area (Å²) >= 11 is 0. The predicted molar refractivity (Wildman–Crippen MR) is 85.5 cm³/mol. The van der Waals surface area contributed by atoms with Crippen LogP contribution in [-0.4, -0.2) is 12.1 Å². The van der Waals surface area contributed by atoms with Crippen molar-refractivity contribution in [1.82, 2.24) is 5.32 Å². The number of fused-ring (bicyclic) bond motifs is 1. The highest BCUT2D eigenvalue weighted by Crippen LogP contribution is 2.40. The highest BCUT2D eigenvalue weighted by molar-refractivity contribution is 5.45.